The SMILES string of the molecule is CCn1cc(C=CP(=O)(O)O)c(OCc2ccc(OCc3nc(-c4ccco4)oc3C)c(OC)c2)n1. The number of ether oxygens (including phenoxy) is 3. The molecule has 0 aliphatic carbocycles. The van der Waals surface area contributed by atoms with Crippen molar-refractivity contribution in [2.45, 2.75) is 33.6 Å². The minimum absolute atomic E-state index is 0.156. The molecule has 0 saturated carbocycles. The fourth-order valence-corrected chi connectivity index (χ4v) is 3.63. The molecule has 0 atom stereocenters. The van der Waals surface area contributed by atoms with Crippen LogP contribution >= 0.6 is 7.60 Å². The number of nitrogens with zero attached hydrogens (tertiary/aromatic N) is 3. The molecule has 4 rings (SSSR count). The summed E-state index contributed by atoms with van der Waals surface area (Å²) in [7, 11) is -2.77. The minimum atomic E-state index is -4.31. The number of methoxy groups -OCH3 is 1. The highest BCUT2D eigenvalue weighted by atomic mass is 31.2. The van der Waals surface area contributed by atoms with E-state index < -0.39 is 7.60 Å². The Kier molecular flexibility index (Phi) is 7.64. The Bertz CT molecular complexity index is 1380. The Morgan fingerprint density at radius 1 is 1.17 bits per heavy atom. The van der Waals surface area contributed by atoms with Crippen LogP contribution in [0, 0.1) is 6.92 Å². The summed E-state index contributed by atoms with van der Waals surface area (Å²) in [6.45, 7) is 4.61. The Labute approximate surface area is 207 Å². The first kappa shape index (κ1) is 25.3. The molecule has 0 aliphatic heterocycles. The fraction of sp³-hybridized carbons (Fsp3) is 0.250. The molecule has 0 fully saturated rings. The van der Waals surface area contributed by atoms with Crippen LogP contribution in [0.1, 0.15) is 29.5 Å². The maximum absolute atomic E-state index is 11.2. The highest BCUT2D eigenvalue weighted by Crippen LogP contribution is 2.38. The van der Waals surface area contributed by atoms with Gasteiger partial charge in [-0.3, -0.25) is 9.25 Å². The Hall–Kier alpha value is -3.79. The number of oxazole rings is 1. The summed E-state index contributed by atoms with van der Waals surface area (Å²) in [6.07, 6.45) is 4.51. The van der Waals surface area contributed by atoms with Gasteiger partial charge in [-0.15, -0.1) is 5.10 Å². The van der Waals surface area contributed by atoms with Crippen molar-refractivity contribution in [2.24, 2.45) is 0 Å². The Balaban J connectivity index is 1.43. The predicted octanol–water partition coefficient (Wildman–Crippen LogP) is 4.77. The summed E-state index contributed by atoms with van der Waals surface area (Å²) < 4.78 is 41.0. The van der Waals surface area contributed by atoms with Crippen LogP contribution in [0.3, 0.4) is 0 Å². The summed E-state index contributed by atoms with van der Waals surface area (Å²) in [5.74, 6) is 3.65. The molecule has 0 unspecified atom stereocenters. The van der Waals surface area contributed by atoms with Crippen LogP contribution in [0.25, 0.3) is 17.7 Å². The maximum atomic E-state index is 11.2. The van der Waals surface area contributed by atoms with Gasteiger partial charge >= 0.3 is 7.60 Å². The van der Waals surface area contributed by atoms with Gasteiger partial charge in [0.1, 0.15) is 24.7 Å². The van der Waals surface area contributed by atoms with E-state index in [4.69, 9.17) is 32.8 Å². The second kappa shape index (κ2) is 10.9. The molecule has 0 bridgehead atoms. The van der Waals surface area contributed by atoms with Gasteiger partial charge < -0.3 is 32.8 Å². The minimum Gasteiger partial charge on any atom is -0.493 e. The highest BCUT2D eigenvalue weighted by Gasteiger charge is 2.16. The van der Waals surface area contributed by atoms with E-state index in [1.54, 1.807) is 48.3 Å². The first-order valence-electron chi connectivity index (χ1n) is 11.0. The van der Waals surface area contributed by atoms with Gasteiger partial charge in [-0.1, -0.05) is 6.07 Å². The largest absolute Gasteiger partial charge is 0.493 e. The van der Waals surface area contributed by atoms with Crippen LogP contribution in [0.5, 0.6) is 17.4 Å². The van der Waals surface area contributed by atoms with E-state index in [0.717, 1.165) is 11.4 Å². The van der Waals surface area contributed by atoms with E-state index in [9.17, 15) is 4.57 Å². The van der Waals surface area contributed by atoms with Crippen molar-refractivity contribution in [3.63, 3.8) is 0 Å². The lowest BCUT2D eigenvalue weighted by molar-refractivity contribution is 0.275. The first-order chi connectivity index (χ1) is 17.3. The third kappa shape index (κ3) is 6.25. The predicted molar refractivity (Wildman–Crippen MR) is 130 cm³/mol. The van der Waals surface area contributed by atoms with Gasteiger partial charge in [-0.2, -0.15) is 0 Å². The standard InChI is InChI=1S/C24H26N3O8P/c1-4-27-13-18(9-11-36(28,29)30)23(26-27)34-14-17-7-8-20(22(12-17)31-3)33-15-19-16(2)35-24(25-19)21-6-5-10-32-21/h5-13H,4,14-15H2,1-3H3,(H2,28,29,30). The van der Waals surface area contributed by atoms with Crippen molar-refractivity contribution in [1.82, 2.24) is 14.8 Å². The van der Waals surface area contributed by atoms with Crippen molar-refractivity contribution in [1.29, 1.82) is 0 Å². The van der Waals surface area contributed by atoms with Gasteiger partial charge in [-0.25, -0.2) is 4.98 Å². The molecule has 0 spiro atoms. The van der Waals surface area contributed by atoms with E-state index >= 15 is 0 Å². The van der Waals surface area contributed by atoms with Gasteiger partial charge in [0.05, 0.1) is 18.9 Å². The molecule has 0 saturated heterocycles. The highest BCUT2D eigenvalue weighted by molar-refractivity contribution is 7.55. The summed E-state index contributed by atoms with van der Waals surface area (Å²) >= 11 is 0. The van der Waals surface area contributed by atoms with Crippen molar-refractivity contribution in [3.8, 4) is 29.0 Å². The fourth-order valence-electron chi connectivity index (χ4n) is 3.27. The number of furan rings is 1. The average molecular weight is 515 g/mol. The maximum Gasteiger partial charge on any atom is 0.349 e. The van der Waals surface area contributed by atoms with Gasteiger partial charge in [0.2, 0.25) is 5.88 Å². The molecule has 4 aromatic rings. The number of rotatable bonds is 11. The molecular weight excluding hydrogens is 489 g/mol. The van der Waals surface area contributed by atoms with Crippen LogP contribution in [0.15, 0.2) is 57.4 Å². The number of hydrogen-bond donors (Lipinski definition) is 2. The van der Waals surface area contributed by atoms with Crippen LogP contribution < -0.4 is 14.2 Å². The van der Waals surface area contributed by atoms with Crippen molar-refractivity contribution >= 4 is 13.7 Å². The van der Waals surface area contributed by atoms with E-state index in [0.29, 0.717) is 46.7 Å². The van der Waals surface area contributed by atoms with Crippen molar-refractivity contribution < 1.29 is 37.4 Å². The van der Waals surface area contributed by atoms with Crippen molar-refractivity contribution in [3.05, 3.63) is 71.2 Å². The van der Waals surface area contributed by atoms with Gasteiger partial charge in [0.15, 0.2) is 17.3 Å². The smallest absolute Gasteiger partial charge is 0.349 e. The number of aryl methyl sites for hydroxylation is 2. The Morgan fingerprint density at radius 3 is 2.69 bits per heavy atom. The van der Waals surface area contributed by atoms with Crippen LogP contribution in [-0.4, -0.2) is 31.7 Å². The lowest BCUT2D eigenvalue weighted by atomic mass is 10.2. The molecule has 1 aromatic carbocycles. The second-order valence-electron chi connectivity index (χ2n) is 7.71. The molecule has 0 amide bonds. The zero-order valence-electron chi connectivity index (χ0n) is 20.0. The number of aromatic nitrogens is 3. The molecule has 11 nitrogen and oxygen atoms in total. The summed E-state index contributed by atoms with van der Waals surface area (Å²) in [4.78, 5) is 22.7. The molecule has 2 N–H and O–H groups in total. The summed E-state index contributed by atoms with van der Waals surface area (Å²) in [6, 6.07) is 8.89. The molecule has 36 heavy (non-hydrogen) atoms. The van der Waals surface area contributed by atoms with E-state index in [1.807, 2.05) is 13.0 Å². The normalized spacial score (nSPS) is 11.8. The van der Waals surface area contributed by atoms with E-state index in [2.05, 4.69) is 10.1 Å². The first-order valence-corrected chi connectivity index (χ1v) is 12.7. The molecule has 0 aliphatic rings. The van der Waals surface area contributed by atoms with Crippen molar-refractivity contribution in [2.75, 3.05) is 7.11 Å². The molecular formula is C24H26N3O8P. The number of hydrogen-bond acceptors (Lipinski definition) is 8. The molecule has 12 heteroatoms. The van der Waals surface area contributed by atoms with E-state index in [1.165, 1.54) is 13.2 Å². The third-order valence-electron chi connectivity index (χ3n) is 5.12. The topological polar surface area (TPSA) is 142 Å². The van der Waals surface area contributed by atoms with Crippen LogP contribution in [0.2, 0.25) is 0 Å². The molecule has 3 aromatic heterocycles. The molecule has 190 valence electrons. The Morgan fingerprint density at radius 2 is 2.00 bits per heavy atom. The summed E-state index contributed by atoms with van der Waals surface area (Å²) in [5, 5.41) is 4.31. The van der Waals surface area contributed by atoms with Gasteiger partial charge in [0, 0.05) is 18.6 Å². The zero-order valence-corrected chi connectivity index (χ0v) is 20.8. The van der Waals surface area contributed by atoms with Crippen LogP contribution in [-0.2, 0) is 24.3 Å². The average Bonchev–Trinajstić information content (AvgIpc) is 3.60. The number of benzene rings is 1. The van der Waals surface area contributed by atoms with Gasteiger partial charge in [-0.05, 0) is 49.8 Å². The lowest BCUT2D eigenvalue weighted by Crippen LogP contribution is -2.02. The summed E-state index contributed by atoms with van der Waals surface area (Å²) in [5.41, 5.74) is 1.88. The quantitative estimate of drug-likeness (QED) is 0.268. The lowest BCUT2D eigenvalue weighted by Gasteiger charge is -2.12. The monoisotopic (exact) mass is 515 g/mol. The molecule has 3 heterocycles. The second-order valence-corrected chi connectivity index (χ2v) is 9.19. The zero-order chi connectivity index (χ0) is 25.7. The van der Waals surface area contributed by atoms with E-state index in [-0.39, 0.29) is 19.1 Å². The molecule has 0 radical (unpaired) electrons. The van der Waals surface area contributed by atoms with Crippen LogP contribution in [0.4, 0.5) is 0 Å². The van der Waals surface area contributed by atoms with Gasteiger partial charge in [0.25, 0.3) is 5.89 Å². The third-order valence-corrected chi connectivity index (χ3v) is 5.66.